The number of benzene rings is 2. The molecule has 0 aliphatic carbocycles. The number of ether oxygens (including phenoxy) is 1. The van der Waals surface area contributed by atoms with Crippen molar-refractivity contribution in [2.75, 3.05) is 24.6 Å². The van der Waals surface area contributed by atoms with Crippen molar-refractivity contribution in [1.82, 2.24) is 35.2 Å². The first-order valence-electron chi connectivity index (χ1n) is 16.5. The molecule has 1 aliphatic heterocycles. The van der Waals surface area contributed by atoms with E-state index in [2.05, 4.69) is 30.5 Å². The van der Waals surface area contributed by atoms with Gasteiger partial charge in [-0.05, 0) is 84.0 Å². The lowest BCUT2D eigenvalue weighted by atomic mass is 9.91. The molecule has 1 aliphatic rings. The van der Waals surface area contributed by atoms with Gasteiger partial charge in [-0.3, -0.25) is 4.90 Å². The molecule has 0 saturated carbocycles. The van der Waals surface area contributed by atoms with Crippen LogP contribution in [0.15, 0.2) is 40.9 Å². The van der Waals surface area contributed by atoms with Crippen molar-refractivity contribution in [2.24, 2.45) is 13.0 Å². The number of halogens is 9. The lowest BCUT2D eigenvalue weighted by molar-refractivity contribution is -0.143. The molecule has 0 bridgehead atoms. The van der Waals surface area contributed by atoms with Crippen LogP contribution >= 0.6 is 0 Å². The molecule has 52 heavy (non-hydrogen) atoms. The van der Waals surface area contributed by atoms with Gasteiger partial charge >= 0.3 is 18.5 Å². The van der Waals surface area contributed by atoms with Crippen molar-refractivity contribution >= 4 is 5.95 Å². The van der Waals surface area contributed by atoms with Gasteiger partial charge in [0.05, 0.1) is 30.3 Å². The second-order valence-electron chi connectivity index (χ2n) is 12.7. The summed E-state index contributed by atoms with van der Waals surface area (Å²) in [5, 5.41) is 15.6. The van der Waals surface area contributed by atoms with Crippen LogP contribution in [0.4, 0.5) is 45.5 Å². The van der Waals surface area contributed by atoms with Gasteiger partial charge in [-0.25, -0.2) is 0 Å². The van der Waals surface area contributed by atoms with E-state index < -0.39 is 47.3 Å². The number of nitrogens with zero attached hydrogens (tertiary/aromatic N) is 8. The Kier molecular flexibility index (Phi) is 11.8. The van der Waals surface area contributed by atoms with Gasteiger partial charge < -0.3 is 14.2 Å². The first-order chi connectivity index (χ1) is 24.4. The van der Waals surface area contributed by atoms with Crippen LogP contribution in [-0.4, -0.2) is 54.9 Å². The highest BCUT2D eigenvalue weighted by atomic mass is 19.4. The molecule has 10 nitrogen and oxygen atoms in total. The predicted octanol–water partition coefficient (Wildman–Crippen LogP) is 7.80. The van der Waals surface area contributed by atoms with Gasteiger partial charge in [0.25, 0.3) is 5.95 Å². The zero-order valence-corrected chi connectivity index (χ0v) is 28.5. The Bertz CT molecular complexity index is 1760. The summed E-state index contributed by atoms with van der Waals surface area (Å²) in [5.74, 6) is 0.803. The van der Waals surface area contributed by atoms with Gasteiger partial charge in [-0.2, -0.15) is 49.3 Å². The molecule has 4 aromatic rings. The number of hydrogen-bond acceptors (Lipinski definition) is 9. The summed E-state index contributed by atoms with van der Waals surface area (Å²) in [6, 6.07) is 4.06. The molecule has 0 spiro atoms. The number of tetrazole rings is 1. The van der Waals surface area contributed by atoms with E-state index in [1.165, 1.54) is 18.0 Å². The summed E-state index contributed by atoms with van der Waals surface area (Å²) in [5.41, 5.74) is -3.75. The Morgan fingerprint density at radius 1 is 0.923 bits per heavy atom. The second-order valence-corrected chi connectivity index (χ2v) is 12.7. The van der Waals surface area contributed by atoms with Crippen molar-refractivity contribution in [2.45, 2.75) is 83.8 Å². The number of anilines is 1. The van der Waals surface area contributed by atoms with Crippen LogP contribution in [0.3, 0.4) is 0 Å². The van der Waals surface area contributed by atoms with Crippen LogP contribution in [0.2, 0.25) is 0 Å². The Hall–Kier alpha value is -4.26. The molecule has 0 N–H and O–H groups in total. The van der Waals surface area contributed by atoms with Crippen molar-refractivity contribution in [1.29, 1.82) is 0 Å². The zero-order valence-electron chi connectivity index (χ0n) is 28.5. The minimum Gasteiger partial charge on any atom is -0.373 e. The first kappa shape index (κ1) is 39.0. The molecule has 1 saturated heterocycles. The Labute approximate surface area is 292 Å². The number of alkyl halides is 9. The quantitative estimate of drug-likeness (QED) is 0.127. The third-order valence-electron chi connectivity index (χ3n) is 8.77. The van der Waals surface area contributed by atoms with Gasteiger partial charge in [0.2, 0.25) is 5.89 Å². The van der Waals surface area contributed by atoms with E-state index in [4.69, 9.17) is 9.26 Å². The van der Waals surface area contributed by atoms with Crippen LogP contribution in [0.5, 0.6) is 0 Å². The van der Waals surface area contributed by atoms with Crippen LogP contribution in [0.25, 0.3) is 0 Å². The minimum atomic E-state index is -5.10. The maximum Gasteiger partial charge on any atom is 0.416 e. The van der Waals surface area contributed by atoms with Gasteiger partial charge in [0, 0.05) is 32.1 Å². The highest BCUT2D eigenvalue weighted by molar-refractivity contribution is 5.42. The van der Waals surface area contributed by atoms with Gasteiger partial charge in [-0.1, -0.05) is 30.2 Å². The van der Waals surface area contributed by atoms with Crippen molar-refractivity contribution < 1.29 is 48.8 Å². The highest BCUT2D eigenvalue weighted by Crippen LogP contribution is 2.39. The molecule has 3 heterocycles. The standard InChI is InChI=1S/C33H37F9N8O2/c1-4-27(49-10-6-7-20(15-49)18-51-19-28-43-29(5-2)52-46-28)26-9-8-23(31(34,35)36)13-22(26)17-50(30-44-47-48(3)45-30)16-21-11-24(32(37,38)39)14-25(12-21)33(40,41)42/h8-9,11-14,20,27H,4-7,10,15-19H2,1-3H3. The predicted molar refractivity (Wildman–Crippen MR) is 167 cm³/mol. The summed E-state index contributed by atoms with van der Waals surface area (Å²) < 4.78 is 135. The maximum atomic E-state index is 14.1. The Balaban J connectivity index is 1.46. The fourth-order valence-corrected chi connectivity index (χ4v) is 6.38. The Morgan fingerprint density at radius 2 is 1.62 bits per heavy atom. The largest absolute Gasteiger partial charge is 0.416 e. The average molecular weight is 749 g/mol. The lowest BCUT2D eigenvalue weighted by Crippen LogP contribution is -2.40. The SMILES string of the molecule is CCc1nc(COCC2CCCN(C(CC)c3ccc(C(F)(F)F)cc3CN(Cc3cc(C(F)(F)F)cc(C(F)(F)F)c3)c3nnn(C)n3)C2)no1. The van der Waals surface area contributed by atoms with E-state index in [0.29, 0.717) is 61.9 Å². The average Bonchev–Trinajstić information content (AvgIpc) is 3.73. The Morgan fingerprint density at radius 3 is 2.19 bits per heavy atom. The zero-order chi connectivity index (χ0) is 37.8. The summed E-state index contributed by atoms with van der Waals surface area (Å²) in [7, 11) is 1.39. The molecular formula is C33H37F9N8O2. The summed E-state index contributed by atoms with van der Waals surface area (Å²) >= 11 is 0. The number of likely N-dealkylation sites (tertiary alicyclic amines) is 1. The van der Waals surface area contributed by atoms with Gasteiger partial charge in [-0.15, -0.1) is 5.10 Å². The topological polar surface area (TPSA) is 98.2 Å². The molecule has 1 fully saturated rings. The molecule has 2 aromatic heterocycles. The fraction of sp³-hybridized carbons (Fsp3) is 0.545. The molecule has 5 rings (SSSR count). The highest BCUT2D eigenvalue weighted by Gasteiger charge is 2.38. The van der Waals surface area contributed by atoms with E-state index >= 15 is 0 Å². The number of aryl methyl sites for hydroxylation is 2. The number of piperidine rings is 1. The maximum absolute atomic E-state index is 14.1. The summed E-state index contributed by atoms with van der Waals surface area (Å²) in [4.78, 5) is 8.62. The molecule has 19 heteroatoms. The molecular weight excluding hydrogens is 711 g/mol. The normalized spacial score (nSPS) is 16.7. The third kappa shape index (κ3) is 9.78. The van der Waals surface area contributed by atoms with E-state index in [0.717, 1.165) is 29.8 Å². The van der Waals surface area contributed by atoms with Crippen LogP contribution in [0, 0.1) is 5.92 Å². The second kappa shape index (κ2) is 15.8. The first-order valence-corrected chi connectivity index (χ1v) is 16.5. The number of rotatable bonds is 13. The van der Waals surface area contributed by atoms with Crippen LogP contribution in [0.1, 0.15) is 84.2 Å². The molecule has 0 radical (unpaired) electrons. The van der Waals surface area contributed by atoms with Crippen molar-refractivity contribution in [3.8, 4) is 0 Å². The molecule has 2 unspecified atom stereocenters. The van der Waals surface area contributed by atoms with E-state index in [1.807, 2.05) is 13.8 Å². The van der Waals surface area contributed by atoms with E-state index in [9.17, 15) is 39.5 Å². The van der Waals surface area contributed by atoms with E-state index in [1.54, 1.807) is 0 Å². The molecule has 0 amide bonds. The molecule has 2 aromatic carbocycles. The fourth-order valence-electron chi connectivity index (χ4n) is 6.38. The van der Waals surface area contributed by atoms with Gasteiger partial charge in [0.15, 0.2) is 5.82 Å². The van der Waals surface area contributed by atoms with Crippen molar-refractivity contribution in [3.05, 3.63) is 81.5 Å². The number of aromatic nitrogens is 6. The van der Waals surface area contributed by atoms with Crippen LogP contribution < -0.4 is 4.90 Å². The van der Waals surface area contributed by atoms with E-state index in [-0.39, 0.29) is 42.7 Å². The van der Waals surface area contributed by atoms with Crippen molar-refractivity contribution in [3.63, 3.8) is 0 Å². The summed E-state index contributed by atoms with van der Waals surface area (Å²) in [6.07, 6.45) is -12.2. The molecule has 284 valence electrons. The summed E-state index contributed by atoms with van der Waals surface area (Å²) in [6.45, 7) is 4.52. The third-order valence-corrected chi connectivity index (χ3v) is 8.77. The number of hydrogen-bond donors (Lipinski definition) is 0. The molecule has 2 atom stereocenters. The van der Waals surface area contributed by atoms with Crippen LogP contribution in [-0.2, 0) is 56.4 Å². The minimum absolute atomic E-state index is 0.00947. The smallest absolute Gasteiger partial charge is 0.373 e. The monoisotopic (exact) mass is 748 g/mol. The van der Waals surface area contributed by atoms with Gasteiger partial charge in [0.1, 0.15) is 6.61 Å². The lowest BCUT2D eigenvalue weighted by Gasteiger charge is -2.39.